The van der Waals surface area contributed by atoms with Crippen molar-refractivity contribution >= 4 is 39.8 Å². The van der Waals surface area contributed by atoms with E-state index in [0.29, 0.717) is 22.2 Å². The van der Waals surface area contributed by atoms with Gasteiger partial charge in [0, 0.05) is 17.1 Å². The number of thiophene rings is 1. The molecule has 2 amide bonds. The number of esters is 1. The minimum Gasteiger partial charge on any atom is -0.452 e. The summed E-state index contributed by atoms with van der Waals surface area (Å²) in [4.78, 5) is 37.8. The number of primary amides is 1. The van der Waals surface area contributed by atoms with Crippen molar-refractivity contribution in [2.75, 3.05) is 30.4 Å². The molecular weight excluding hydrogens is 406 g/mol. The number of anilines is 2. The van der Waals surface area contributed by atoms with Crippen LogP contribution in [0.4, 0.5) is 10.7 Å². The second-order valence-electron chi connectivity index (χ2n) is 7.24. The summed E-state index contributed by atoms with van der Waals surface area (Å²) >= 11 is 1.36. The molecule has 0 radical (unpaired) electrons. The standard InChI is InChI=1S/C21H25N3O5S/c1-12-6-7-14-16(10-12)30-20(18(14)19(22)27)24-17(26)11-29-21(28)13-4-2-3-5-15(13)23-8-9-25/h2-5,12,23,25H,6-11H2,1H3,(H2,22,27)(H,24,26)/t12-/m1/s1. The Balaban J connectivity index is 1.66. The third kappa shape index (κ3) is 4.98. The van der Waals surface area contributed by atoms with Gasteiger partial charge in [0.15, 0.2) is 6.61 Å². The Morgan fingerprint density at radius 2 is 2.07 bits per heavy atom. The number of nitrogens with two attached hydrogens (primary N) is 1. The number of hydrogen-bond donors (Lipinski definition) is 4. The Kier molecular flexibility index (Phi) is 7.07. The van der Waals surface area contributed by atoms with Crippen molar-refractivity contribution in [3.63, 3.8) is 0 Å². The van der Waals surface area contributed by atoms with Gasteiger partial charge in [-0.05, 0) is 42.9 Å². The Morgan fingerprint density at radius 1 is 1.30 bits per heavy atom. The van der Waals surface area contributed by atoms with Crippen LogP contribution in [-0.4, -0.2) is 42.6 Å². The fourth-order valence-corrected chi connectivity index (χ4v) is 4.91. The van der Waals surface area contributed by atoms with Gasteiger partial charge in [-0.3, -0.25) is 9.59 Å². The van der Waals surface area contributed by atoms with Crippen molar-refractivity contribution in [3.05, 3.63) is 45.8 Å². The maximum atomic E-state index is 12.4. The molecular formula is C21H25N3O5S. The molecule has 8 nitrogen and oxygen atoms in total. The minimum absolute atomic E-state index is 0.0858. The molecule has 9 heteroatoms. The first-order chi connectivity index (χ1) is 14.4. The normalized spacial score (nSPS) is 15.2. The van der Waals surface area contributed by atoms with Crippen LogP contribution in [0.1, 0.15) is 44.5 Å². The molecule has 0 aliphatic heterocycles. The number of hydrogen-bond acceptors (Lipinski definition) is 7. The van der Waals surface area contributed by atoms with Crippen LogP contribution in [0.3, 0.4) is 0 Å². The lowest BCUT2D eigenvalue weighted by Gasteiger charge is -2.18. The monoisotopic (exact) mass is 431 g/mol. The SMILES string of the molecule is C[C@@H]1CCc2c(sc(NC(=O)COC(=O)c3ccccc3NCCO)c2C(N)=O)C1. The molecule has 0 fully saturated rings. The van der Waals surface area contributed by atoms with E-state index in [0.717, 1.165) is 29.7 Å². The molecule has 1 heterocycles. The lowest BCUT2D eigenvalue weighted by atomic mass is 9.88. The van der Waals surface area contributed by atoms with Gasteiger partial charge in [0.1, 0.15) is 5.00 Å². The first kappa shape index (κ1) is 21.8. The molecule has 1 aliphatic rings. The molecule has 30 heavy (non-hydrogen) atoms. The summed E-state index contributed by atoms with van der Waals surface area (Å²) in [5.74, 6) is -1.27. The highest BCUT2D eigenvalue weighted by molar-refractivity contribution is 7.17. The summed E-state index contributed by atoms with van der Waals surface area (Å²) < 4.78 is 5.14. The number of rotatable bonds is 8. The number of ether oxygens (including phenoxy) is 1. The van der Waals surface area contributed by atoms with Crippen molar-refractivity contribution in [2.24, 2.45) is 11.7 Å². The maximum absolute atomic E-state index is 12.4. The molecule has 0 saturated heterocycles. The molecule has 1 aromatic carbocycles. The van der Waals surface area contributed by atoms with Crippen LogP contribution < -0.4 is 16.4 Å². The van der Waals surface area contributed by atoms with Crippen LogP contribution in [0.5, 0.6) is 0 Å². The highest BCUT2D eigenvalue weighted by Gasteiger charge is 2.27. The van der Waals surface area contributed by atoms with E-state index in [1.54, 1.807) is 24.3 Å². The molecule has 0 unspecified atom stereocenters. The minimum atomic E-state index is -0.666. The van der Waals surface area contributed by atoms with Gasteiger partial charge < -0.3 is 26.2 Å². The summed E-state index contributed by atoms with van der Waals surface area (Å²) in [6.07, 6.45) is 2.58. The molecule has 0 spiro atoms. The molecule has 0 bridgehead atoms. The number of fused-ring (bicyclic) bond motifs is 1. The predicted molar refractivity (Wildman–Crippen MR) is 115 cm³/mol. The van der Waals surface area contributed by atoms with Crippen LogP contribution >= 0.6 is 11.3 Å². The maximum Gasteiger partial charge on any atom is 0.340 e. The Bertz CT molecular complexity index is 956. The van der Waals surface area contributed by atoms with Crippen molar-refractivity contribution in [3.8, 4) is 0 Å². The summed E-state index contributed by atoms with van der Waals surface area (Å²) in [5, 5.41) is 15.0. The third-order valence-electron chi connectivity index (χ3n) is 4.92. The molecule has 1 aromatic heterocycles. The van der Waals surface area contributed by atoms with E-state index in [9.17, 15) is 14.4 Å². The summed E-state index contributed by atoms with van der Waals surface area (Å²) in [7, 11) is 0. The van der Waals surface area contributed by atoms with Crippen molar-refractivity contribution in [1.82, 2.24) is 0 Å². The Morgan fingerprint density at radius 3 is 2.80 bits per heavy atom. The summed E-state index contributed by atoms with van der Waals surface area (Å²) in [6.45, 7) is 1.85. The van der Waals surface area contributed by atoms with Crippen LogP contribution in [0, 0.1) is 5.92 Å². The second kappa shape index (κ2) is 9.73. The number of aliphatic hydroxyl groups excluding tert-OH is 1. The molecule has 2 aromatic rings. The number of benzene rings is 1. The van der Waals surface area contributed by atoms with Crippen molar-refractivity contribution in [2.45, 2.75) is 26.2 Å². The number of amides is 2. The number of para-hydroxylation sites is 1. The largest absolute Gasteiger partial charge is 0.452 e. The highest BCUT2D eigenvalue weighted by Crippen LogP contribution is 2.39. The van der Waals surface area contributed by atoms with Gasteiger partial charge >= 0.3 is 5.97 Å². The fraction of sp³-hybridized carbons (Fsp3) is 0.381. The quantitative estimate of drug-likeness (QED) is 0.474. The van der Waals surface area contributed by atoms with Crippen LogP contribution in [0.15, 0.2) is 24.3 Å². The number of aliphatic hydroxyl groups is 1. The van der Waals surface area contributed by atoms with Gasteiger partial charge in [-0.15, -0.1) is 11.3 Å². The van der Waals surface area contributed by atoms with Gasteiger partial charge in [-0.1, -0.05) is 19.1 Å². The van der Waals surface area contributed by atoms with E-state index in [-0.39, 0.29) is 18.7 Å². The van der Waals surface area contributed by atoms with Gasteiger partial charge in [0.05, 0.1) is 17.7 Å². The van der Waals surface area contributed by atoms with E-state index in [1.807, 2.05) is 0 Å². The van der Waals surface area contributed by atoms with Crippen molar-refractivity contribution in [1.29, 1.82) is 0 Å². The average molecular weight is 432 g/mol. The van der Waals surface area contributed by atoms with Crippen LogP contribution in [0.2, 0.25) is 0 Å². The number of nitrogens with one attached hydrogen (secondary N) is 2. The summed E-state index contributed by atoms with van der Waals surface area (Å²) in [6, 6.07) is 6.67. The first-order valence-corrected chi connectivity index (χ1v) is 10.6. The lowest BCUT2D eigenvalue weighted by molar-refractivity contribution is -0.119. The van der Waals surface area contributed by atoms with E-state index in [1.165, 1.54) is 11.3 Å². The summed E-state index contributed by atoms with van der Waals surface area (Å²) in [5.41, 5.74) is 7.60. The van der Waals surface area contributed by atoms with Crippen LogP contribution in [-0.2, 0) is 22.4 Å². The van der Waals surface area contributed by atoms with E-state index in [2.05, 4.69) is 17.6 Å². The lowest BCUT2D eigenvalue weighted by Crippen LogP contribution is -2.23. The van der Waals surface area contributed by atoms with E-state index in [4.69, 9.17) is 15.6 Å². The van der Waals surface area contributed by atoms with Gasteiger partial charge in [-0.25, -0.2) is 4.79 Å². The van der Waals surface area contributed by atoms with Gasteiger partial charge in [0.25, 0.3) is 11.8 Å². The van der Waals surface area contributed by atoms with Gasteiger partial charge in [-0.2, -0.15) is 0 Å². The molecule has 1 aliphatic carbocycles. The van der Waals surface area contributed by atoms with Gasteiger partial charge in [0.2, 0.25) is 0 Å². The fourth-order valence-electron chi connectivity index (χ4n) is 3.48. The zero-order valence-electron chi connectivity index (χ0n) is 16.7. The topological polar surface area (TPSA) is 131 Å². The Labute approximate surface area is 178 Å². The van der Waals surface area contributed by atoms with Crippen LogP contribution in [0.25, 0.3) is 0 Å². The van der Waals surface area contributed by atoms with E-state index < -0.39 is 24.4 Å². The van der Waals surface area contributed by atoms with Crippen molar-refractivity contribution < 1.29 is 24.2 Å². The zero-order chi connectivity index (χ0) is 21.7. The Hall–Kier alpha value is -2.91. The third-order valence-corrected chi connectivity index (χ3v) is 6.09. The average Bonchev–Trinajstić information content (AvgIpc) is 3.07. The molecule has 3 rings (SSSR count). The number of carbonyl (C=O) groups excluding carboxylic acids is 3. The number of carbonyl (C=O) groups is 3. The molecule has 0 saturated carbocycles. The second-order valence-corrected chi connectivity index (χ2v) is 8.35. The zero-order valence-corrected chi connectivity index (χ0v) is 17.5. The molecule has 160 valence electrons. The first-order valence-electron chi connectivity index (χ1n) is 9.75. The highest BCUT2D eigenvalue weighted by atomic mass is 32.1. The van der Waals surface area contributed by atoms with E-state index >= 15 is 0 Å². The molecule has 1 atom stereocenters. The predicted octanol–water partition coefficient (Wildman–Crippen LogP) is 2.17. The smallest absolute Gasteiger partial charge is 0.340 e. The molecule has 5 N–H and O–H groups in total.